The van der Waals surface area contributed by atoms with Crippen molar-refractivity contribution in [3.63, 3.8) is 0 Å². The van der Waals surface area contributed by atoms with Crippen LogP contribution in [0.1, 0.15) is 15.9 Å². The van der Waals surface area contributed by atoms with Gasteiger partial charge >= 0.3 is 0 Å². The third-order valence-electron chi connectivity index (χ3n) is 3.09. The minimum Gasteiger partial charge on any atom is -0.506 e. The van der Waals surface area contributed by atoms with Gasteiger partial charge in [0.15, 0.2) is 0 Å². The number of aliphatic hydroxyl groups is 1. The molecule has 0 saturated heterocycles. The third kappa shape index (κ3) is 4.21. The molecular weight excluding hydrogens is 290 g/mol. The first-order valence-electron chi connectivity index (χ1n) is 6.54. The fourth-order valence-corrected chi connectivity index (χ4v) is 2.16. The van der Waals surface area contributed by atoms with E-state index in [1.54, 1.807) is 0 Å². The van der Waals surface area contributed by atoms with E-state index in [0.29, 0.717) is 12.0 Å². The van der Waals surface area contributed by atoms with Gasteiger partial charge in [-0.25, -0.2) is 0 Å². The Morgan fingerprint density at radius 3 is 2.52 bits per heavy atom. The first-order valence-corrected chi connectivity index (χ1v) is 6.92. The second-order valence-electron chi connectivity index (χ2n) is 4.71. The van der Waals surface area contributed by atoms with Crippen LogP contribution in [0.4, 0.5) is 0 Å². The molecule has 0 aliphatic carbocycles. The lowest BCUT2D eigenvalue weighted by atomic mass is 10.1. The van der Waals surface area contributed by atoms with Crippen molar-refractivity contribution in [1.29, 1.82) is 0 Å². The monoisotopic (exact) mass is 305 g/mol. The Hall–Kier alpha value is -2.04. The topological polar surface area (TPSA) is 69.6 Å². The SMILES string of the molecule is O=C(N[C@@H](CO)Cc1ccccc1)c1ccc(O)c(Cl)c1. The predicted molar refractivity (Wildman–Crippen MR) is 81.6 cm³/mol. The Labute approximate surface area is 128 Å². The first-order chi connectivity index (χ1) is 10.1. The summed E-state index contributed by atoms with van der Waals surface area (Å²) in [4.78, 5) is 12.1. The number of rotatable bonds is 5. The standard InChI is InChI=1S/C16H16ClNO3/c17-14-9-12(6-7-15(14)20)16(21)18-13(10-19)8-11-4-2-1-3-5-11/h1-7,9,13,19-20H,8,10H2,(H,18,21)/t13-/m1/s1. The number of hydrogen-bond acceptors (Lipinski definition) is 3. The second-order valence-corrected chi connectivity index (χ2v) is 5.12. The summed E-state index contributed by atoms with van der Waals surface area (Å²) >= 11 is 5.78. The van der Waals surface area contributed by atoms with Crippen LogP contribution in [0.5, 0.6) is 5.75 Å². The molecule has 21 heavy (non-hydrogen) atoms. The summed E-state index contributed by atoms with van der Waals surface area (Å²) in [6.45, 7) is -0.160. The fourth-order valence-electron chi connectivity index (χ4n) is 1.98. The van der Waals surface area contributed by atoms with Crippen LogP contribution in [0.15, 0.2) is 48.5 Å². The average molecular weight is 306 g/mol. The van der Waals surface area contributed by atoms with Crippen LogP contribution in [-0.4, -0.2) is 28.8 Å². The normalized spacial score (nSPS) is 11.9. The van der Waals surface area contributed by atoms with Crippen LogP contribution in [0.25, 0.3) is 0 Å². The summed E-state index contributed by atoms with van der Waals surface area (Å²) in [5, 5.41) is 21.6. The molecule has 1 amide bonds. The Bertz CT molecular complexity index is 616. The molecule has 0 bridgehead atoms. The number of aromatic hydroxyl groups is 1. The lowest BCUT2D eigenvalue weighted by Crippen LogP contribution is -2.39. The van der Waals surface area contributed by atoms with Gasteiger partial charge in [-0.3, -0.25) is 4.79 Å². The van der Waals surface area contributed by atoms with Crippen molar-refractivity contribution in [3.05, 3.63) is 64.7 Å². The number of benzene rings is 2. The van der Waals surface area contributed by atoms with E-state index >= 15 is 0 Å². The highest BCUT2D eigenvalue weighted by Gasteiger charge is 2.14. The summed E-state index contributed by atoms with van der Waals surface area (Å²) < 4.78 is 0. The number of carbonyl (C=O) groups excluding carboxylic acids is 1. The van der Waals surface area contributed by atoms with Gasteiger partial charge in [-0.05, 0) is 30.2 Å². The Kier molecular flexibility index (Phi) is 5.20. The summed E-state index contributed by atoms with van der Waals surface area (Å²) in [7, 11) is 0. The van der Waals surface area contributed by atoms with E-state index in [1.807, 2.05) is 30.3 Å². The molecule has 3 N–H and O–H groups in total. The van der Waals surface area contributed by atoms with Crippen molar-refractivity contribution in [2.75, 3.05) is 6.61 Å². The van der Waals surface area contributed by atoms with Crippen LogP contribution in [-0.2, 0) is 6.42 Å². The quantitative estimate of drug-likeness (QED) is 0.794. The maximum absolute atomic E-state index is 12.1. The largest absolute Gasteiger partial charge is 0.506 e. The lowest BCUT2D eigenvalue weighted by Gasteiger charge is -2.16. The number of aliphatic hydroxyl groups excluding tert-OH is 1. The summed E-state index contributed by atoms with van der Waals surface area (Å²) in [6, 6.07) is 13.5. The van der Waals surface area contributed by atoms with Crippen molar-refractivity contribution in [2.24, 2.45) is 0 Å². The number of halogens is 1. The van der Waals surface area contributed by atoms with E-state index in [2.05, 4.69) is 5.32 Å². The zero-order valence-corrected chi connectivity index (χ0v) is 12.0. The van der Waals surface area contributed by atoms with E-state index < -0.39 is 0 Å². The predicted octanol–water partition coefficient (Wildman–Crippen LogP) is 2.38. The number of hydrogen-bond donors (Lipinski definition) is 3. The van der Waals surface area contributed by atoms with E-state index in [4.69, 9.17) is 11.6 Å². The minimum absolute atomic E-state index is 0.0730. The van der Waals surface area contributed by atoms with E-state index in [9.17, 15) is 15.0 Å². The van der Waals surface area contributed by atoms with Gasteiger partial charge in [-0.15, -0.1) is 0 Å². The molecule has 0 aliphatic heterocycles. The molecule has 2 aromatic rings. The van der Waals surface area contributed by atoms with E-state index in [0.717, 1.165) is 5.56 Å². The van der Waals surface area contributed by atoms with Crippen LogP contribution in [0.2, 0.25) is 5.02 Å². The molecule has 2 rings (SSSR count). The van der Waals surface area contributed by atoms with Gasteiger partial charge in [0, 0.05) is 5.56 Å². The molecular formula is C16H16ClNO3. The lowest BCUT2D eigenvalue weighted by molar-refractivity contribution is 0.0916. The van der Waals surface area contributed by atoms with Crippen LogP contribution in [0.3, 0.4) is 0 Å². The number of nitrogens with one attached hydrogen (secondary N) is 1. The minimum atomic E-state index is -0.382. The molecule has 0 radical (unpaired) electrons. The molecule has 0 aliphatic rings. The first kappa shape index (κ1) is 15.4. The van der Waals surface area contributed by atoms with Gasteiger partial charge in [-0.1, -0.05) is 41.9 Å². The van der Waals surface area contributed by atoms with Gasteiger partial charge < -0.3 is 15.5 Å². The average Bonchev–Trinajstić information content (AvgIpc) is 2.50. The Morgan fingerprint density at radius 2 is 1.90 bits per heavy atom. The zero-order chi connectivity index (χ0) is 15.2. The smallest absolute Gasteiger partial charge is 0.251 e. The highest BCUT2D eigenvalue weighted by atomic mass is 35.5. The molecule has 5 heteroatoms. The number of amides is 1. The van der Waals surface area contributed by atoms with Crippen molar-refractivity contribution >= 4 is 17.5 Å². The second kappa shape index (κ2) is 7.11. The highest BCUT2D eigenvalue weighted by molar-refractivity contribution is 6.32. The van der Waals surface area contributed by atoms with Crippen LogP contribution < -0.4 is 5.32 Å². The molecule has 110 valence electrons. The summed E-state index contributed by atoms with van der Waals surface area (Å²) in [6.07, 6.45) is 0.537. The van der Waals surface area contributed by atoms with Crippen molar-refractivity contribution in [1.82, 2.24) is 5.32 Å². The maximum Gasteiger partial charge on any atom is 0.251 e. The van der Waals surface area contributed by atoms with Gasteiger partial charge in [0.1, 0.15) is 5.75 Å². The maximum atomic E-state index is 12.1. The Morgan fingerprint density at radius 1 is 1.19 bits per heavy atom. The molecule has 2 aromatic carbocycles. The van der Waals surface area contributed by atoms with Gasteiger partial charge in [-0.2, -0.15) is 0 Å². The van der Waals surface area contributed by atoms with Crippen molar-refractivity contribution in [2.45, 2.75) is 12.5 Å². The molecule has 0 saturated carbocycles. The third-order valence-corrected chi connectivity index (χ3v) is 3.39. The van der Waals surface area contributed by atoms with Crippen molar-refractivity contribution < 1.29 is 15.0 Å². The highest BCUT2D eigenvalue weighted by Crippen LogP contribution is 2.23. The van der Waals surface area contributed by atoms with E-state index in [-0.39, 0.29) is 29.3 Å². The molecule has 1 atom stereocenters. The zero-order valence-electron chi connectivity index (χ0n) is 11.3. The Balaban J connectivity index is 2.04. The van der Waals surface area contributed by atoms with Gasteiger partial charge in [0.05, 0.1) is 17.7 Å². The van der Waals surface area contributed by atoms with Crippen LogP contribution in [0, 0.1) is 0 Å². The van der Waals surface area contributed by atoms with Gasteiger partial charge in [0.25, 0.3) is 5.91 Å². The molecule has 0 spiro atoms. The number of phenolic OH excluding ortho intramolecular Hbond substituents is 1. The molecule has 0 aromatic heterocycles. The molecule has 4 nitrogen and oxygen atoms in total. The fraction of sp³-hybridized carbons (Fsp3) is 0.188. The summed E-state index contributed by atoms with van der Waals surface area (Å²) in [5.41, 5.74) is 1.37. The van der Waals surface area contributed by atoms with Gasteiger partial charge in [0.2, 0.25) is 0 Å². The number of carbonyl (C=O) groups is 1. The van der Waals surface area contributed by atoms with Crippen molar-refractivity contribution in [3.8, 4) is 5.75 Å². The molecule has 0 fully saturated rings. The number of phenols is 1. The summed E-state index contributed by atoms with van der Waals surface area (Å²) in [5.74, 6) is -0.414. The van der Waals surface area contributed by atoms with Crippen LogP contribution >= 0.6 is 11.6 Å². The molecule has 0 unspecified atom stereocenters. The van der Waals surface area contributed by atoms with E-state index in [1.165, 1.54) is 18.2 Å². The molecule has 0 heterocycles.